The summed E-state index contributed by atoms with van der Waals surface area (Å²) in [6, 6.07) is 8.34. The summed E-state index contributed by atoms with van der Waals surface area (Å²) in [5, 5.41) is 11.8. The zero-order valence-electron chi connectivity index (χ0n) is 13.3. The Morgan fingerprint density at radius 2 is 2.20 bits per heavy atom. The van der Waals surface area contributed by atoms with Crippen LogP contribution in [0.15, 0.2) is 40.5 Å². The highest BCUT2D eigenvalue weighted by molar-refractivity contribution is 7.13. The molecule has 128 valence electrons. The van der Waals surface area contributed by atoms with Crippen molar-refractivity contribution in [2.24, 2.45) is 0 Å². The Balaban J connectivity index is 1.59. The van der Waals surface area contributed by atoms with E-state index >= 15 is 0 Å². The highest BCUT2D eigenvalue weighted by Crippen LogP contribution is 2.26. The summed E-state index contributed by atoms with van der Waals surface area (Å²) in [5.74, 6) is -0.349. The maximum atomic E-state index is 13.5. The van der Waals surface area contributed by atoms with Crippen molar-refractivity contribution < 1.29 is 9.50 Å². The molecule has 1 aromatic carbocycles. The van der Waals surface area contributed by atoms with Gasteiger partial charge in [-0.15, -0.1) is 11.3 Å². The van der Waals surface area contributed by atoms with E-state index in [1.54, 1.807) is 12.1 Å². The molecule has 4 rings (SSSR count). The first kappa shape index (κ1) is 16.0. The Hall–Kier alpha value is -2.51. The molecule has 2 aromatic heterocycles. The second kappa shape index (κ2) is 6.42. The van der Waals surface area contributed by atoms with E-state index in [4.69, 9.17) is 0 Å². The number of nitrogens with zero attached hydrogens (tertiary/aromatic N) is 2. The number of phenolic OH excluding ortho intramolecular Hbond substituents is 1. The van der Waals surface area contributed by atoms with Crippen LogP contribution in [0.1, 0.15) is 16.8 Å². The van der Waals surface area contributed by atoms with E-state index in [0.717, 1.165) is 10.6 Å². The molecule has 5 nitrogen and oxygen atoms in total. The molecule has 1 aliphatic heterocycles. The quantitative estimate of drug-likeness (QED) is 0.756. The largest absolute Gasteiger partial charge is 0.505 e. The van der Waals surface area contributed by atoms with Crippen molar-refractivity contribution in [3.8, 4) is 16.5 Å². The predicted octanol–water partition coefficient (Wildman–Crippen LogP) is 2.90. The van der Waals surface area contributed by atoms with Gasteiger partial charge < -0.3 is 10.1 Å². The summed E-state index contributed by atoms with van der Waals surface area (Å²) in [6.45, 7) is 1.51. The van der Waals surface area contributed by atoms with E-state index in [1.165, 1.54) is 17.4 Å². The van der Waals surface area contributed by atoms with Crippen LogP contribution in [0.2, 0.25) is 0 Å². The fourth-order valence-corrected chi connectivity index (χ4v) is 3.74. The first-order chi connectivity index (χ1) is 12.1. The lowest BCUT2D eigenvalue weighted by atomic mass is 10.1. The first-order valence-electron chi connectivity index (χ1n) is 7.96. The molecular weight excluding hydrogens is 341 g/mol. The second-order valence-corrected chi connectivity index (χ2v) is 6.97. The summed E-state index contributed by atoms with van der Waals surface area (Å²) < 4.78 is 13.5. The van der Waals surface area contributed by atoms with Gasteiger partial charge in [0.05, 0.1) is 16.1 Å². The molecule has 0 radical (unpaired) electrons. The summed E-state index contributed by atoms with van der Waals surface area (Å²) in [5.41, 5.74) is 1.83. The van der Waals surface area contributed by atoms with E-state index in [9.17, 15) is 14.3 Å². The second-order valence-electron chi connectivity index (χ2n) is 6.03. The highest BCUT2D eigenvalue weighted by atomic mass is 32.1. The van der Waals surface area contributed by atoms with Crippen LogP contribution in [0.3, 0.4) is 0 Å². The molecule has 7 heteroatoms. The molecule has 0 unspecified atom stereocenters. The van der Waals surface area contributed by atoms with Crippen molar-refractivity contribution in [1.82, 2.24) is 14.9 Å². The third-order valence-corrected chi connectivity index (χ3v) is 5.24. The number of aromatic hydroxyl groups is 1. The summed E-state index contributed by atoms with van der Waals surface area (Å²) in [7, 11) is 0. The maximum Gasteiger partial charge on any atom is 0.255 e. The maximum absolute atomic E-state index is 13.5. The van der Waals surface area contributed by atoms with Crippen LogP contribution in [0, 0.1) is 5.82 Å². The van der Waals surface area contributed by atoms with Crippen LogP contribution in [0.25, 0.3) is 10.7 Å². The summed E-state index contributed by atoms with van der Waals surface area (Å²) in [6.07, 6.45) is 0.647. The van der Waals surface area contributed by atoms with Crippen molar-refractivity contribution in [2.75, 3.05) is 6.54 Å². The van der Waals surface area contributed by atoms with Crippen molar-refractivity contribution in [3.05, 3.63) is 68.7 Å². The monoisotopic (exact) mass is 357 g/mol. The van der Waals surface area contributed by atoms with Gasteiger partial charge in [-0.3, -0.25) is 9.69 Å². The van der Waals surface area contributed by atoms with Crippen LogP contribution in [-0.2, 0) is 19.5 Å². The van der Waals surface area contributed by atoms with Gasteiger partial charge in [0.25, 0.3) is 5.56 Å². The van der Waals surface area contributed by atoms with Crippen LogP contribution in [0.4, 0.5) is 4.39 Å². The molecule has 0 amide bonds. The number of thiophene rings is 1. The minimum absolute atomic E-state index is 0.137. The number of halogens is 1. The van der Waals surface area contributed by atoms with Gasteiger partial charge in [0.15, 0.2) is 17.4 Å². The van der Waals surface area contributed by atoms with E-state index in [2.05, 4.69) is 9.97 Å². The zero-order chi connectivity index (χ0) is 17.4. The van der Waals surface area contributed by atoms with Gasteiger partial charge in [-0.05, 0) is 17.5 Å². The van der Waals surface area contributed by atoms with Crippen molar-refractivity contribution >= 4 is 11.3 Å². The molecule has 0 fully saturated rings. The third-order valence-electron chi connectivity index (χ3n) is 4.37. The van der Waals surface area contributed by atoms with Gasteiger partial charge in [0.2, 0.25) is 0 Å². The van der Waals surface area contributed by atoms with E-state index in [1.807, 2.05) is 22.4 Å². The van der Waals surface area contributed by atoms with Gasteiger partial charge in [-0.25, -0.2) is 9.37 Å². The Morgan fingerprint density at radius 3 is 3.00 bits per heavy atom. The van der Waals surface area contributed by atoms with Crippen LogP contribution in [0.5, 0.6) is 5.75 Å². The standard InChI is InChI=1S/C18H16FN3O2S/c19-13-4-1-3-11(16(13)23)9-22-7-6-14-12(10-22)18(24)21-17(20-14)15-5-2-8-25-15/h1-5,8,23H,6-7,9-10H2,(H,20,21,24). The molecular formula is C18H16FN3O2S. The number of rotatable bonds is 3. The molecule has 25 heavy (non-hydrogen) atoms. The molecule has 1 aliphatic rings. The number of H-pyrrole nitrogens is 1. The first-order valence-corrected chi connectivity index (χ1v) is 8.84. The molecule has 3 heterocycles. The highest BCUT2D eigenvalue weighted by Gasteiger charge is 2.22. The normalized spacial score (nSPS) is 14.4. The smallest absolute Gasteiger partial charge is 0.255 e. The molecule has 0 bridgehead atoms. The lowest BCUT2D eigenvalue weighted by molar-refractivity contribution is 0.238. The van der Waals surface area contributed by atoms with Crippen molar-refractivity contribution in [2.45, 2.75) is 19.5 Å². The fraction of sp³-hybridized carbons (Fsp3) is 0.222. The van der Waals surface area contributed by atoms with Crippen LogP contribution in [-0.4, -0.2) is 26.5 Å². The number of para-hydroxylation sites is 1. The number of phenols is 1. The minimum Gasteiger partial charge on any atom is -0.505 e. The van der Waals surface area contributed by atoms with Crippen molar-refractivity contribution in [1.29, 1.82) is 0 Å². The zero-order valence-corrected chi connectivity index (χ0v) is 14.1. The number of benzene rings is 1. The van der Waals surface area contributed by atoms with E-state index in [-0.39, 0.29) is 11.3 Å². The lowest BCUT2D eigenvalue weighted by Gasteiger charge is -2.27. The number of aromatic nitrogens is 2. The average molecular weight is 357 g/mol. The molecule has 2 N–H and O–H groups in total. The van der Waals surface area contributed by atoms with Gasteiger partial charge >= 0.3 is 0 Å². The topological polar surface area (TPSA) is 69.2 Å². The Labute approximate surface area is 147 Å². The molecule has 3 aromatic rings. The fourth-order valence-electron chi connectivity index (χ4n) is 3.07. The van der Waals surface area contributed by atoms with Crippen LogP contribution >= 0.6 is 11.3 Å². The summed E-state index contributed by atoms with van der Waals surface area (Å²) in [4.78, 5) is 22.9. The van der Waals surface area contributed by atoms with Gasteiger partial charge in [-0.2, -0.15) is 0 Å². The molecule has 0 spiro atoms. The van der Waals surface area contributed by atoms with E-state index < -0.39 is 5.82 Å². The molecule has 0 aliphatic carbocycles. The number of hydrogen-bond acceptors (Lipinski definition) is 5. The minimum atomic E-state index is -0.630. The number of nitrogens with one attached hydrogen (secondary N) is 1. The average Bonchev–Trinajstić information content (AvgIpc) is 3.14. The van der Waals surface area contributed by atoms with Crippen LogP contribution < -0.4 is 5.56 Å². The Kier molecular flexibility index (Phi) is 4.10. The SMILES string of the molecule is O=c1[nH]c(-c2cccs2)nc2c1CN(Cc1cccc(F)c1O)CC2. The number of fused-ring (bicyclic) bond motifs is 1. The Bertz CT molecular complexity index is 969. The predicted molar refractivity (Wildman–Crippen MR) is 94.1 cm³/mol. The third kappa shape index (κ3) is 3.08. The van der Waals surface area contributed by atoms with E-state index in [0.29, 0.717) is 43.0 Å². The summed E-state index contributed by atoms with van der Waals surface area (Å²) >= 11 is 1.53. The van der Waals surface area contributed by atoms with Gasteiger partial charge in [-0.1, -0.05) is 18.2 Å². The van der Waals surface area contributed by atoms with Gasteiger partial charge in [0, 0.05) is 31.6 Å². The number of aromatic amines is 1. The lowest BCUT2D eigenvalue weighted by Crippen LogP contribution is -2.35. The molecule has 0 saturated heterocycles. The number of hydrogen-bond donors (Lipinski definition) is 2. The van der Waals surface area contributed by atoms with Crippen molar-refractivity contribution in [3.63, 3.8) is 0 Å². The van der Waals surface area contributed by atoms with Gasteiger partial charge in [0.1, 0.15) is 0 Å². The Morgan fingerprint density at radius 1 is 1.32 bits per heavy atom. The molecule has 0 atom stereocenters. The molecule has 0 saturated carbocycles.